The van der Waals surface area contributed by atoms with E-state index in [0.29, 0.717) is 10.6 Å². The fourth-order valence-corrected chi connectivity index (χ4v) is 1.58. The second kappa shape index (κ2) is 4.58. The third-order valence-electron chi connectivity index (χ3n) is 2.05. The molecule has 1 rings (SSSR count). The first-order valence-corrected chi connectivity index (χ1v) is 4.71. The zero-order valence-corrected chi connectivity index (χ0v) is 9.03. The second-order valence-corrected chi connectivity index (χ2v) is 3.67. The van der Waals surface area contributed by atoms with Gasteiger partial charge in [-0.1, -0.05) is 23.8 Å². The van der Waals surface area contributed by atoms with Gasteiger partial charge in [0.2, 0.25) is 0 Å². The van der Waals surface area contributed by atoms with E-state index in [9.17, 15) is 4.39 Å². The predicted molar refractivity (Wildman–Crippen MR) is 58.0 cm³/mol. The maximum Gasteiger partial charge on any atom is 0.128 e. The third kappa shape index (κ3) is 2.34. The Kier molecular flexibility index (Phi) is 3.67. The Morgan fingerprint density at radius 2 is 2.21 bits per heavy atom. The normalized spacial score (nSPS) is 12.6. The average Bonchev–Trinajstić information content (AvgIpc) is 2.11. The molecular weight excluding hydrogens is 201 g/mol. The number of hydrogen-bond donors (Lipinski definition) is 1. The van der Waals surface area contributed by atoms with Gasteiger partial charge in [-0.2, -0.15) is 0 Å². The van der Waals surface area contributed by atoms with Gasteiger partial charge in [-0.05, 0) is 32.2 Å². The molecule has 1 aromatic carbocycles. The molecule has 0 saturated carbocycles. The maximum absolute atomic E-state index is 13.4. The molecule has 0 radical (unpaired) electrons. The molecule has 0 aliphatic heterocycles. The minimum atomic E-state index is -0.267. The molecule has 0 aliphatic carbocycles. The molecule has 1 nitrogen and oxygen atoms in total. The molecule has 0 aliphatic rings. The van der Waals surface area contributed by atoms with Gasteiger partial charge in [0.15, 0.2) is 0 Å². The first-order chi connectivity index (χ1) is 6.56. The molecule has 0 aromatic heterocycles. The number of benzene rings is 1. The van der Waals surface area contributed by atoms with Gasteiger partial charge in [-0.25, -0.2) is 4.39 Å². The van der Waals surface area contributed by atoms with Crippen LogP contribution in [0.4, 0.5) is 4.39 Å². The molecule has 1 unspecified atom stereocenters. The van der Waals surface area contributed by atoms with Crippen molar-refractivity contribution in [1.82, 2.24) is 5.32 Å². The van der Waals surface area contributed by atoms with Gasteiger partial charge in [-0.15, -0.1) is 0 Å². The van der Waals surface area contributed by atoms with Crippen LogP contribution in [0.5, 0.6) is 0 Å². The molecule has 76 valence electrons. The van der Waals surface area contributed by atoms with Gasteiger partial charge in [0, 0.05) is 10.6 Å². The molecule has 0 bridgehead atoms. The molecule has 0 heterocycles. The molecule has 1 atom stereocenters. The van der Waals surface area contributed by atoms with E-state index in [1.807, 2.05) is 6.92 Å². The largest absolute Gasteiger partial charge is 0.310 e. The zero-order valence-electron chi connectivity index (χ0n) is 8.27. The fraction of sp³-hybridized carbons (Fsp3) is 0.273. The molecule has 1 N–H and O–H groups in total. The number of hydrogen-bond acceptors (Lipinski definition) is 1. The maximum atomic E-state index is 13.4. The zero-order chi connectivity index (χ0) is 10.7. The summed E-state index contributed by atoms with van der Waals surface area (Å²) in [5, 5.41) is 3.52. The summed E-state index contributed by atoms with van der Waals surface area (Å²) in [7, 11) is 1.76. The quantitative estimate of drug-likeness (QED) is 0.760. The summed E-state index contributed by atoms with van der Waals surface area (Å²) in [5.74, 6) is -0.267. The SMILES string of the molecule is C=C(C)C(NC)c1cc(Cl)ccc1F. The van der Waals surface area contributed by atoms with Gasteiger partial charge >= 0.3 is 0 Å². The van der Waals surface area contributed by atoms with Crippen molar-refractivity contribution in [3.05, 3.63) is 46.8 Å². The molecule has 3 heteroatoms. The van der Waals surface area contributed by atoms with Crippen LogP contribution >= 0.6 is 11.6 Å². The Balaban J connectivity index is 3.15. The van der Waals surface area contributed by atoms with Crippen molar-refractivity contribution in [2.45, 2.75) is 13.0 Å². The Labute approximate surface area is 88.6 Å². The van der Waals surface area contributed by atoms with E-state index >= 15 is 0 Å². The van der Waals surface area contributed by atoms with Gasteiger partial charge < -0.3 is 5.32 Å². The Hall–Kier alpha value is -0.860. The average molecular weight is 214 g/mol. The van der Waals surface area contributed by atoms with Crippen molar-refractivity contribution in [2.75, 3.05) is 7.05 Å². The summed E-state index contributed by atoms with van der Waals surface area (Å²) >= 11 is 5.80. The van der Waals surface area contributed by atoms with Crippen LogP contribution in [0.25, 0.3) is 0 Å². The minimum absolute atomic E-state index is 0.186. The highest BCUT2D eigenvalue weighted by atomic mass is 35.5. The molecule has 0 spiro atoms. The van der Waals surface area contributed by atoms with Crippen molar-refractivity contribution < 1.29 is 4.39 Å². The monoisotopic (exact) mass is 213 g/mol. The van der Waals surface area contributed by atoms with Gasteiger partial charge in [0.1, 0.15) is 5.82 Å². The minimum Gasteiger partial charge on any atom is -0.310 e. The Morgan fingerprint density at radius 1 is 1.57 bits per heavy atom. The first-order valence-electron chi connectivity index (χ1n) is 4.34. The number of nitrogens with one attached hydrogen (secondary N) is 1. The lowest BCUT2D eigenvalue weighted by Crippen LogP contribution is -2.18. The van der Waals surface area contributed by atoms with E-state index in [1.54, 1.807) is 13.1 Å². The van der Waals surface area contributed by atoms with E-state index in [2.05, 4.69) is 11.9 Å². The van der Waals surface area contributed by atoms with Crippen LogP contribution in [0.1, 0.15) is 18.5 Å². The van der Waals surface area contributed by atoms with Crippen molar-refractivity contribution in [3.8, 4) is 0 Å². The molecular formula is C11H13ClFN. The number of halogens is 2. The second-order valence-electron chi connectivity index (χ2n) is 3.23. The van der Waals surface area contributed by atoms with Crippen molar-refractivity contribution >= 4 is 11.6 Å². The van der Waals surface area contributed by atoms with Crippen molar-refractivity contribution in [3.63, 3.8) is 0 Å². The Morgan fingerprint density at radius 3 is 2.71 bits per heavy atom. The van der Waals surface area contributed by atoms with Crippen LogP contribution in [-0.4, -0.2) is 7.05 Å². The number of rotatable bonds is 3. The summed E-state index contributed by atoms with van der Waals surface area (Å²) in [6.07, 6.45) is 0. The smallest absolute Gasteiger partial charge is 0.128 e. The summed E-state index contributed by atoms with van der Waals surface area (Å²) < 4.78 is 13.4. The third-order valence-corrected chi connectivity index (χ3v) is 2.29. The summed E-state index contributed by atoms with van der Waals surface area (Å²) in [4.78, 5) is 0. The van der Waals surface area contributed by atoms with Crippen LogP contribution in [0.3, 0.4) is 0 Å². The topological polar surface area (TPSA) is 12.0 Å². The van der Waals surface area contributed by atoms with E-state index in [0.717, 1.165) is 5.57 Å². The highest BCUT2D eigenvalue weighted by Gasteiger charge is 2.14. The van der Waals surface area contributed by atoms with Crippen LogP contribution < -0.4 is 5.32 Å². The molecule has 0 fully saturated rings. The predicted octanol–water partition coefficient (Wildman–Crippen LogP) is 3.32. The van der Waals surface area contributed by atoms with E-state index in [1.165, 1.54) is 12.1 Å². The standard InChI is InChI=1S/C11H13ClFN/c1-7(2)11(14-3)9-6-8(12)4-5-10(9)13/h4-6,11,14H,1H2,2-3H3. The molecule has 14 heavy (non-hydrogen) atoms. The van der Waals surface area contributed by atoms with Crippen LogP contribution in [0.2, 0.25) is 5.02 Å². The lowest BCUT2D eigenvalue weighted by Gasteiger charge is -2.17. The van der Waals surface area contributed by atoms with Crippen molar-refractivity contribution in [1.29, 1.82) is 0 Å². The first kappa shape index (κ1) is 11.2. The van der Waals surface area contributed by atoms with Gasteiger partial charge in [0.05, 0.1) is 6.04 Å². The van der Waals surface area contributed by atoms with Gasteiger partial charge in [0.25, 0.3) is 0 Å². The number of likely N-dealkylation sites (N-methyl/N-ethyl adjacent to an activating group) is 1. The van der Waals surface area contributed by atoms with Crippen LogP contribution in [0, 0.1) is 5.82 Å². The molecule has 1 aromatic rings. The summed E-state index contributed by atoms with van der Waals surface area (Å²) in [5.41, 5.74) is 1.39. The lowest BCUT2D eigenvalue weighted by atomic mass is 10.0. The van der Waals surface area contributed by atoms with Crippen LogP contribution in [0.15, 0.2) is 30.4 Å². The summed E-state index contributed by atoms with van der Waals surface area (Å²) in [6, 6.07) is 4.33. The molecule has 0 saturated heterocycles. The lowest BCUT2D eigenvalue weighted by molar-refractivity contribution is 0.573. The van der Waals surface area contributed by atoms with E-state index in [4.69, 9.17) is 11.6 Å². The van der Waals surface area contributed by atoms with E-state index in [-0.39, 0.29) is 11.9 Å². The summed E-state index contributed by atoms with van der Waals surface area (Å²) in [6.45, 7) is 5.65. The van der Waals surface area contributed by atoms with Crippen LogP contribution in [-0.2, 0) is 0 Å². The highest BCUT2D eigenvalue weighted by Crippen LogP contribution is 2.25. The van der Waals surface area contributed by atoms with Crippen molar-refractivity contribution in [2.24, 2.45) is 0 Å². The Bertz CT molecular complexity index is 349. The molecule has 0 amide bonds. The van der Waals surface area contributed by atoms with E-state index < -0.39 is 0 Å². The van der Waals surface area contributed by atoms with Gasteiger partial charge in [-0.3, -0.25) is 0 Å². The highest BCUT2D eigenvalue weighted by molar-refractivity contribution is 6.30. The fourth-order valence-electron chi connectivity index (χ4n) is 1.40.